The van der Waals surface area contributed by atoms with Crippen LogP contribution in [0.3, 0.4) is 0 Å². The molecule has 0 saturated carbocycles. The highest BCUT2D eigenvalue weighted by Crippen LogP contribution is 2.24. The van der Waals surface area contributed by atoms with Gasteiger partial charge in [0.2, 0.25) is 0 Å². The van der Waals surface area contributed by atoms with Gasteiger partial charge in [-0.3, -0.25) is 0 Å². The van der Waals surface area contributed by atoms with Gasteiger partial charge < -0.3 is 10.7 Å². The summed E-state index contributed by atoms with van der Waals surface area (Å²) in [4.78, 5) is 12.3. The number of thiazole rings is 1. The lowest BCUT2D eigenvalue weighted by atomic mass is 10.3. The van der Waals surface area contributed by atoms with Crippen molar-refractivity contribution in [1.29, 1.82) is 0 Å². The number of fused-ring (bicyclic) bond motifs is 1. The number of hydrogen-bond acceptors (Lipinski definition) is 6. The summed E-state index contributed by atoms with van der Waals surface area (Å²) >= 11 is 1.54. The summed E-state index contributed by atoms with van der Waals surface area (Å²) in [6, 6.07) is 4.84. The molecule has 0 bridgehead atoms. The molecule has 0 spiro atoms. The second-order valence-electron chi connectivity index (χ2n) is 4.70. The van der Waals surface area contributed by atoms with Crippen molar-refractivity contribution in [2.24, 2.45) is 5.73 Å². The minimum absolute atomic E-state index is 0.271. The Morgan fingerprint density at radius 2 is 2.14 bits per heavy atom. The minimum Gasteiger partial charge on any atom is -0.337 e. The van der Waals surface area contributed by atoms with E-state index in [9.17, 15) is 8.42 Å². The van der Waals surface area contributed by atoms with Gasteiger partial charge in [-0.25, -0.2) is 18.4 Å². The molecule has 0 amide bonds. The van der Waals surface area contributed by atoms with E-state index in [1.807, 2.05) is 5.38 Å². The van der Waals surface area contributed by atoms with Gasteiger partial charge >= 0.3 is 0 Å². The van der Waals surface area contributed by atoms with Crippen LogP contribution in [0.4, 0.5) is 0 Å². The van der Waals surface area contributed by atoms with Gasteiger partial charge in [-0.05, 0) is 24.7 Å². The molecular formula is C13H14N4O2S2. The van der Waals surface area contributed by atoms with Crippen LogP contribution in [0.5, 0.6) is 0 Å². The van der Waals surface area contributed by atoms with Gasteiger partial charge in [0.25, 0.3) is 0 Å². The summed E-state index contributed by atoms with van der Waals surface area (Å²) in [5, 5.41) is 2.88. The molecule has 1 aromatic carbocycles. The largest absolute Gasteiger partial charge is 0.337 e. The van der Waals surface area contributed by atoms with E-state index in [0.29, 0.717) is 23.4 Å². The lowest BCUT2D eigenvalue weighted by Crippen LogP contribution is -2.02. The molecule has 110 valence electrons. The van der Waals surface area contributed by atoms with Crippen molar-refractivity contribution in [3.63, 3.8) is 0 Å². The van der Waals surface area contributed by atoms with Crippen molar-refractivity contribution < 1.29 is 8.42 Å². The van der Waals surface area contributed by atoms with Crippen molar-refractivity contribution in [1.82, 2.24) is 15.0 Å². The van der Waals surface area contributed by atoms with E-state index in [1.165, 1.54) is 17.6 Å². The van der Waals surface area contributed by atoms with Crippen LogP contribution in [0.15, 0.2) is 28.5 Å². The number of H-pyrrole nitrogens is 1. The number of nitrogens with zero attached hydrogens (tertiary/aromatic N) is 2. The number of aromatic nitrogens is 3. The highest BCUT2D eigenvalue weighted by Gasteiger charge is 2.12. The fraction of sp³-hybridized carbons (Fsp3) is 0.231. The van der Waals surface area contributed by atoms with Crippen LogP contribution < -0.4 is 5.73 Å². The predicted octanol–water partition coefficient (Wildman–Crippen LogP) is 1.59. The normalized spacial score (nSPS) is 12.1. The third-order valence-corrected chi connectivity index (χ3v) is 5.05. The lowest BCUT2D eigenvalue weighted by molar-refractivity contribution is 0.602. The zero-order chi connectivity index (χ0) is 15.0. The van der Waals surface area contributed by atoms with Crippen LogP contribution in [-0.2, 0) is 16.3 Å². The Hall–Kier alpha value is -1.77. The van der Waals surface area contributed by atoms with Gasteiger partial charge in [-0.15, -0.1) is 11.3 Å². The highest BCUT2D eigenvalue weighted by atomic mass is 32.2. The molecule has 3 aromatic rings. The third-order valence-electron chi connectivity index (χ3n) is 3.03. The summed E-state index contributed by atoms with van der Waals surface area (Å²) in [6.07, 6.45) is 1.92. The van der Waals surface area contributed by atoms with E-state index in [-0.39, 0.29) is 4.90 Å². The first-order valence-corrected chi connectivity index (χ1v) is 9.09. The maximum absolute atomic E-state index is 11.6. The number of nitrogens with two attached hydrogens (primary N) is 1. The first-order valence-electron chi connectivity index (χ1n) is 6.32. The molecule has 21 heavy (non-hydrogen) atoms. The van der Waals surface area contributed by atoms with Gasteiger partial charge in [-0.2, -0.15) is 0 Å². The molecule has 3 N–H and O–H groups in total. The van der Waals surface area contributed by atoms with E-state index < -0.39 is 9.84 Å². The topological polar surface area (TPSA) is 102 Å². The average molecular weight is 322 g/mol. The number of hydrogen-bond donors (Lipinski definition) is 2. The Balaban J connectivity index is 2.04. The van der Waals surface area contributed by atoms with Crippen LogP contribution in [0.1, 0.15) is 5.01 Å². The number of benzene rings is 1. The Morgan fingerprint density at radius 3 is 2.86 bits per heavy atom. The summed E-state index contributed by atoms with van der Waals surface area (Å²) in [5.41, 5.74) is 7.66. The van der Waals surface area contributed by atoms with Gasteiger partial charge in [0, 0.05) is 18.1 Å². The molecule has 8 heteroatoms. The molecule has 0 saturated heterocycles. The number of aromatic amines is 1. The molecule has 0 unspecified atom stereocenters. The zero-order valence-electron chi connectivity index (χ0n) is 11.3. The first-order chi connectivity index (χ1) is 9.97. The number of imidazole rings is 1. The number of nitrogens with one attached hydrogen (secondary N) is 1. The quantitative estimate of drug-likeness (QED) is 0.759. The molecule has 2 aromatic heterocycles. The van der Waals surface area contributed by atoms with Gasteiger partial charge in [0.1, 0.15) is 5.69 Å². The Bertz CT molecular complexity index is 896. The van der Waals surface area contributed by atoms with E-state index in [4.69, 9.17) is 5.73 Å². The first kappa shape index (κ1) is 14.2. The molecule has 0 radical (unpaired) electrons. The third kappa shape index (κ3) is 2.82. The van der Waals surface area contributed by atoms with Crippen molar-refractivity contribution in [2.75, 3.05) is 12.8 Å². The molecule has 0 aliphatic heterocycles. The summed E-state index contributed by atoms with van der Waals surface area (Å²) < 4.78 is 23.1. The average Bonchev–Trinajstić information content (AvgIpc) is 3.02. The maximum Gasteiger partial charge on any atom is 0.175 e. The van der Waals surface area contributed by atoms with Crippen molar-refractivity contribution in [2.45, 2.75) is 11.3 Å². The molecule has 0 atom stereocenters. The smallest absolute Gasteiger partial charge is 0.175 e. The summed E-state index contributed by atoms with van der Waals surface area (Å²) in [7, 11) is -3.23. The molecule has 2 heterocycles. The van der Waals surface area contributed by atoms with Crippen LogP contribution >= 0.6 is 11.3 Å². The van der Waals surface area contributed by atoms with Gasteiger partial charge in [0.05, 0.1) is 20.9 Å². The molecular weight excluding hydrogens is 308 g/mol. The fourth-order valence-corrected chi connectivity index (χ4v) is 3.44. The number of rotatable bonds is 4. The van der Waals surface area contributed by atoms with Crippen LogP contribution in [-0.4, -0.2) is 36.2 Å². The van der Waals surface area contributed by atoms with Crippen molar-refractivity contribution in [3.8, 4) is 11.5 Å². The second kappa shape index (κ2) is 5.21. The number of sulfone groups is 1. The zero-order valence-corrected chi connectivity index (χ0v) is 13.0. The standard InChI is InChI=1S/C13H14N4O2S2/c1-21(18,19)8-2-3-9-10(6-8)17-13(16-9)11-7-20-12(15-11)4-5-14/h2-3,6-7H,4-5,14H2,1H3,(H,16,17). The summed E-state index contributed by atoms with van der Waals surface area (Å²) in [6.45, 7) is 0.560. The Morgan fingerprint density at radius 1 is 1.33 bits per heavy atom. The van der Waals surface area contributed by atoms with E-state index in [0.717, 1.165) is 17.1 Å². The maximum atomic E-state index is 11.6. The molecule has 0 fully saturated rings. The minimum atomic E-state index is -3.23. The van der Waals surface area contributed by atoms with Crippen LogP contribution in [0, 0.1) is 0 Å². The van der Waals surface area contributed by atoms with Gasteiger partial charge in [-0.1, -0.05) is 0 Å². The summed E-state index contributed by atoms with van der Waals surface area (Å²) in [5.74, 6) is 0.634. The monoisotopic (exact) mass is 322 g/mol. The van der Waals surface area contributed by atoms with Gasteiger partial charge in [0.15, 0.2) is 15.7 Å². The second-order valence-corrected chi connectivity index (χ2v) is 7.66. The predicted molar refractivity (Wildman–Crippen MR) is 83.1 cm³/mol. The molecule has 3 rings (SSSR count). The fourth-order valence-electron chi connectivity index (χ4n) is 2.00. The lowest BCUT2D eigenvalue weighted by Gasteiger charge is -1.96. The van der Waals surface area contributed by atoms with Crippen LogP contribution in [0.2, 0.25) is 0 Å². The molecule has 6 nitrogen and oxygen atoms in total. The Kier molecular flexibility index (Phi) is 3.52. The SMILES string of the molecule is CS(=O)(=O)c1ccc2nc(-c3csc(CCN)n3)[nH]c2c1. The van der Waals surface area contributed by atoms with E-state index >= 15 is 0 Å². The molecule has 0 aliphatic rings. The van der Waals surface area contributed by atoms with Crippen LogP contribution in [0.25, 0.3) is 22.6 Å². The van der Waals surface area contributed by atoms with E-state index in [1.54, 1.807) is 18.2 Å². The van der Waals surface area contributed by atoms with Crippen molar-refractivity contribution >= 4 is 32.2 Å². The highest BCUT2D eigenvalue weighted by molar-refractivity contribution is 7.90. The van der Waals surface area contributed by atoms with E-state index in [2.05, 4.69) is 15.0 Å². The Labute approximate surface area is 126 Å². The molecule has 0 aliphatic carbocycles. The van der Waals surface area contributed by atoms with Crippen molar-refractivity contribution in [3.05, 3.63) is 28.6 Å².